The fourth-order valence-electron chi connectivity index (χ4n) is 1.45. The van der Waals surface area contributed by atoms with Crippen LogP contribution in [-0.2, 0) is 6.54 Å². The lowest BCUT2D eigenvalue weighted by Crippen LogP contribution is -2.23. The van der Waals surface area contributed by atoms with Crippen molar-refractivity contribution in [1.29, 1.82) is 0 Å². The number of hydrogen-bond acceptors (Lipinski definition) is 4. The van der Waals surface area contributed by atoms with E-state index in [9.17, 15) is 4.79 Å². The van der Waals surface area contributed by atoms with Gasteiger partial charge in [-0.15, -0.1) is 11.3 Å². The summed E-state index contributed by atoms with van der Waals surface area (Å²) in [5.74, 6) is 5.02. The molecular formula is C14H11BrN2O2S. The Hall–Kier alpha value is -1.68. The van der Waals surface area contributed by atoms with Crippen LogP contribution in [0.1, 0.15) is 20.9 Å². The second-order valence-electron chi connectivity index (χ2n) is 3.77. The molecule has 0 spiro atoms. The summed E-state index contributed by atoms with van der Waals surface area (Å²) in [5, 5.41) is 13.4. The Morgan fingerprint density at radius 1 is 1.45 bits per heavy atom. The highest BCUT2D eigenvalue weighted by molar-refractivity contribution is 9.10. The highest BCUT2D eigenvalue weighted by Gasteiger charge is 2.08. The van der Waals surface area contributed by atoms with E-state index in [1.54, 1.807) is 23.5 Å². The molecular weight excluding hydrogens is 340 g/mol. The summed E-state index contributed by atoms with van der Waals surface area (Å²) >= 11 is 4.99. The number of aliphatic hydroxyl groups excluding tert-OH is 1. The van der Waals surface area contributed by atoms with Crippen molar-refractivity contribution in [3.63, 3.8) is 0 Å². The molecule has 2 N–H and O–H groups in total. The molecule has 20 heavy (non-hydrogen) atoms. The molecule has 4 nitrogen and oxygen atoms in total. The maximum Gasteiger partial charge on any atom is 0.270 e. The van der Waals surface area contributed by atoms with Crippen LogP contribution in [0.3, 0.4) is 0 Å². The van der Waals surface area contributed by atoms with Crippen LogP contribution in [0.2, 0.25) is 0 Å². The van der Waals surface area contributed by atoms with Crippen molar-refractivity contribution in [2.75, 3.05) is 6.61 Å². The van der Waals surface area contributed by atoms with E-state index in [0.29, 0.717) is 17.8 Å². The van der Waals surface area contributed by atoms with E-state index in [1.165, 1.54) is 6.20 Å². The molecule has 0 fully saturated rings. The van der Waals surface area contributed by atoms with Crippen LogP contribution < -0.4 is 5.32 Å². The van der Waals surface area contributed by atoms with Crippen molar-refractivity contribution in [1.82, 2.24) is 10.3 Å². The van der Waals surface area contributed by atoms with Gasteiger partial charge >= 0.3 is 0 Å². The van der Waals surface area contributed by atoms with E-state index in [1.807, 2.05) is 11.4 Å². The molecule has 2 heterocycles. The number of amides is 1. The van der Waals surface area contributed by atoms with Gasteiger partial charge in [-0.2, -0.15) is 0 Å². The average molecular weight is 351 g/mol. The van der Waals surface area contributed by atoms with Crippen LogP contribution in [0.25, 0.3) is 0 Å². The van der Waals surface area contributed by atoms with Gasteiger partial charge in [0, 0.05) is 21.1 Å². The molecule has 0 radical (unpaired) electrons. The first-order valence-corrected chi connectivity index (χ1v) is 7.44. The smallest absolute Gasteiger partial charge is 0.270 e. The van der Waals surface area contributed by atoms with Gasteiger partial charge in [0.15, 0.2) is 0 Å². The Balaban J connectivity index is 1.97. The molecule has 0 aliphatic carbocycles. The fraction of sp³-hybridized carbons (Fsp3) is 0.143. The van der Waals surface area contributed by atoms with E-state index in [-0.39, 0.29) is 12.5 Å². The number of carbonyl (C=O) groups excluding carboxylic acids is 1. The Labute approximate surface area is 129 Å². The first-order chi connectivity index (χ1) is 9.70. The Bertz CT molecular complexity index is 656. The van der Waals surface area contributed by atoms with Gasteiger partial charge in [0.1, 0.15) is 12.3 Å². The molecule has 0 saturated heterocycles. The third-order valence-electron chi connectivity index (χ3n) is 2.41. The van der Waals surface area contributed by atoms with Gasteiger partial charge in [0.05, 0.1) is 6.54 Å². The molecule has 2 rings (SSSR count). The third kappa shape index (κ3) is 3.90. The number of hydrogen-bond donors (Lipinski definition) is 2. The van der Waals surface area contributed by atoms with Crippen molar-refractivity contribution >= 4 is 33.2 Å². The molecule has 0 bridgehead atoms. The predicted octanol–water partition coefficient (Wildman–Crippen LogP) is 2.18. The summed E-state index contributed by atoms with van der Waals surface area (Å²) in [6.45, 7) is 0.267. The normalized spacial score (nSPS) is 9.70. The summed E-state index contributed by atoms with van der Waals surface area (Å²) in [5.41, 5.74) is 1.00. The molecule has 1 amide bonds. The number of pyridine rings is 1. The lowest BCUT2D eigenvalue weighted by Gasteiger charge is -2.03. The maximum atomic E-state index is 11.9. The van der Waals surface area contributed by atoms with E-state index in [2.05, 4.69) is 38.1 Å². The fourth-order valence-corrected chi connectivity index (χ4v) is 2.88. The minimum Gasteiger partial charge on any atom is -0.384 e. The van der Waals surface area contributed by atoms with E-state index in [0.717, 1.165) is 9.35 Å². The topological polar surface area (TPSA) is 62.2 Å². The number of aliphatic hydroxyl groups is 1. The Morgan fingerprint density at radius 3 is 2.90 bits per heavy atom. The van der Waals surface area contributed by atoms with Crippen molar-refractivity contribution in [2.24, 2.45) is 0 Å². The summed E-state index contributed by atoms with van der Waals surface area (Å²) in [7, 11) is 0. The zero-order valence-electron chi connectivity index (χ0n) is 10.4. The molecule has 0 aliphatic heterocycles. The third-order valence-corrected chi connectivity index (χ3v) is 4.33. The van der Waals surface area contributed by atoms with Crippen molar-refractivity contribution in [3.05, 3.63) is 50.4 Å². The monoisotopic (exact) mass is 350 g/mol. The highest BCUT2D eigenvalue weighted by Crippen LogP contribution is 2.22. The van der Waals surface area contributed by atoms with E-state index >= 15 is 0 Å². The van der Waals surface area contributed by atoms with Crippen LogP contribution in [0, 0.1) is 11.8 Å². The van der Waals surface area contributed by atoms with Gasteiger partial charge in [0.25, 0.3) is 5.91 Å². The van der Waals surface area contributed by atoms with Gasteiger partial charge in [-0.25, -0.2) is 4.98 Å². The molecule has 0 aromatic carbocycles. The maximum absolute atomic E-state index is 11.9. The number of rotatable bonds is 3. The number of thiophene rings is 1. The van der Waals surface area contributed by atoms with Crippen molar-refractivity contribution < 1.29 is 9.90 Å². The van der Waals surface area contributed by atoms with Crippen molar-refractivity contribution in [2.45, 2.75) is 6.54 Å². The lowest BCUT2D eigenvalue weighted by atomic mass is 10.2. The average Bonchev–Trinajstić information content (AvgIpc) is 2.88. The summed E-state index contributed by atoms with van der Waals surface area (Å²) in [4.78, 5) is 17.0. The largest absolute Gasteiger partial charge is 0.384 e. The van der Waals surface area contributed by atoms with Crippen LogP contribution in [0.15, 0.2) is 34.2 Å². The zero-order chi connectivity index (χ0) is 14.4. The van der Waals surface area contributed by atoms with Gasteiger partial charge in [-0.1, -0.05) is 11.8 Å². The summed E-state index contributed by atoms with van der Waals surface area (Å²) in [6, 6.07) is 5.25. The number of carbonyl (C=O) groups is 1. The first kappa shape index (κ1) is 14.7. The van der Waals surface area contributed by atoms with Gasteiger partial charge in [-0.3, -0.25) is 4.79 Å². The zero-order valence-corrected chi connectivity index (χ0v) is 12.8. The Morgan fingerprint density at radius 2 is 2.30 bits per heavy atom. The van der Waals surface area contributed by atoms with Crippen LogP contribution in [-0.4, -0.2) is 22.6 Å². The quantitative estimate of drug-likeness (QED) is 0.834. The highest BCUT2D eigenvalue weighted by atomic mass is 79.9. The first-order valence-electron chi connectivity index (χ1n) is 5.76. The van der Waals surface area contributed by atoms with E-state index < -0.39 is 0 Å². The second-order valence-corrected chi connectivity index (χ2v) is 5.62. The lowest BCUT2D eigenvalue weighted by molar-refractivity contribution is 0.0946. The number of nitrogens with one attached hydrogen (secondary N) is 1. The molecule has 2 aromatic heterocycles. The van der Waals surface area contributed by atoms with Crippen LogP contribution in [0.5, 0.6) is 0 Å². The number of nitrogens with zero attached hydrogens (tertiary/aromatic N) is 1. The van der Waals surface area contributed by atoms with Crippen LogP contribution in [0.4, 0.5) is 0 Å². The minimum atomic E-state index is -0.230. The predicted molar refractivity (Wildman–Crippen MR) is 81.4 cm³/mol. The number of aromatic nitrogens is 1. The molecule has 0 atom stereocenters. The van der Waals surface area contributed by atoms with Gasteiger partial charge in [-0.05, 0) is 39.5 Å². The standard InChI is InChI=1S/C14H11BrN2O2S/c15-11-5-7-20-13(11)9-17-14(19)12-4-3-10(8-16-12)2-1-6-18/h3-5,7-8,18H,6,9H2,(H,17,19). The minimum absolute atomic E-state index is 0.196. The molecule has 0 saturated carbocycles. The van der Waals surface area contributed by atoms with Crippen LogP contribution >= 0.6 is 27.3 Å². The molecule has 102 valence electrons. The summed E-state index contributed by atoms with van der Waals surface area (Å²) < 4.78 is 0.991. The SMILES string of the molecule is O=C(NCc1sccc1Br)c1ccc(C#CCO)cn1. The molecule has 6 heteroatoms. The number of halogens is 1. The molecule has 0 unspecified atom stereocenters. The molecule has 0 aliphatic rings. The van der Waals surface area contributed by atoms with Gasteiger partial charge < -0.3 is 10.4 Å². The van der Waals surface area contributed by atoms with Crippen molar-refractivity contribution in [3.8, 4) is 11.8 Å². The van der Waals surface area contributed by atoms with E-state index in [4.69, 9.17) is 5.11 Å². The van der Waals surface area contributed by atoms with Gasteiger partial charge in [0.2, 0.25) is 0 Å². The molecule has 2 aromatic rings. The second kappa shape index (κ2) is 7.20. The summed E-state index contributed by atoms with van der Waals surface area (Å²) in [6.07, 6.45) is 1.51. The Kier molecular flexibility index (Phi) is 5.30.